The molecule has 0 spiro atoms. The van der Waals surface area contributed by atoms with E-state index in [9.17, 15) is 4.79 Å². The lowest BCUT2D eigenvalue weighted by Crippen LogP contribution is -2.32. The van der Waals surface area contributed by atoms with Crippen molar-refractivity contribution in [1.82, 2.24) is 0 Å². The highest BCUT2D eigenvalue weighted by Gasteiger charge is 2.32. The Morgan fingerprint density at radius 3 is 2.24 bits per heavy atom. The molecule has 0 aliphatic carbocycles. The first-order valence-corrected chi connectivity index (χ1v) is 11.2. The third kappa shape index (κ3) is 4.94. The van der Waals surface area contributed by atoms with Gasteiger partial charge in [-0.3, -0.25) is 9.69 Å². The number of aryl methyl sites for hydroxylation is 1. The van der Waals surface area contributed by atoms with E-state index in [1.807, 2.05) is 75.4 Å². The van der Waals surface area contributed by atoms with Crippen molar-refractivity contribution in [2.45, 2.75) is 20.8 Å². The number of carbonyl (C=O) groups excluding carboxylic acids is 1. The first kappa shape index (κ1) is 22.6. The molecule has 0 saturated heterocycles. The molecule has 33 heavy (non-hydrogen) atoms. The van der Waals surface area contributed by atoms with E-state index in [1.165, 1.54) is 0 Å². The zero-order valence-corrected chi connectivity index (χ0v) is 19.6. The van der Waals surface area contributed by atoms with Crippen molar-refractivity contribution in [3.8, 4) is 11.5 Å². The Hall–Kier alpha value is -3.57. The number of benzene rings is 3. The molecule has 3 aromatic carbocycles. The number of aliphatic imine (C=N–C) groups is 1. The van der Waals surface area contributed by atoms with Gasteiger partial charge in [0, 0.05) is 10.6 Å². The van der Waals surface area contributed by atoms with Crippen molar-refractivity contribution < 1.29 is 14.3 Å². The third-order valence-electron chi connectivity index (χ3n) is 5.13. The number of carbonyl (C=O) groups is 1. The highest BCUT2D eigenvalue weighted by molar-refractivity contribution is 6.34. The Kier molecular flexibility index (Phi) is 6.80. The second-order valence-corrected chi connectivity index (χ2v) is 7.96. The minimum atomic E-state index is -0.209. The van der Waals surface area contributed by atoms with Gasteiger partial charge in [0.1, 0.15) is 11.5 Å². The van der Waals surface area contributed by atoms with E-state index in [-0.39, 0.29) is 5.91 Å². The molecule has 5 nitrogen and oxygen atoms in total. The predicted octanol–water partition coefficient (Wildman–Crippen LogP) is 6.28. The molecule has 0 bridgehead atoms. The van der Waals surface area contributed by atoms with Crippen LogP contribution >= 0.6 is 11.6 Å². The summed E-state index contributed by atoms with van der Waals surface area (Å²) in [6.45, 7) is 6.92. The maximum absolute atomic E-state index is 13.5. The molecule has 6 heteroatoms. The summed E-state index contributed by atoms with van der Waals surface area (Å²) < 4.78 is 11.4. The molecule has 168 valence electrons. The van der Waals surface area contributed by atoms with E-state index in [0.717, 1.165) is 16.7 Å². The summed E-state index contributed by atoms with van der Waals surface area (Å²) in [6.07, 6.45) is 1.77. The standard InChI is InChI=1S/C27H25ClN2O3/c1-4-32-24-15-8-19(17-25(24)33-5-2)16-23-27(31)30(22-13-11-21(28)12-14-22)26(29-23)20-9-6-18(3)7-10-20/h6-17H,4-5H2,1-3H3/b23-16-. The molecular weight excluding hydrogens is 436 g/mol. The number of halogens is 1. The second kappa shape index (κ2) is 9.92. The van der Waals surface area contributed by atoms with Crippen LogP contribution in [0.3, 0.4) is 0 Å². The lowest BCUT2D eigenvalue weighted by atomic mass is 10.1. The molecule has 1 aliphatic heterocycles. The second-order valence-electron chi connectivity index (χ2n) is 7.52. The minimum absolute atomic E-state index is 0.209. The highest BCUT2D eigenvalue weighted by atomic mass is 35.5. The summed E-state index contributed by atoms with van der Waals surface area (Å²) in [5.74, 6) is 1.67. The third-order valence-corrected chi connectivity index (χ3v) is 5.38. The van der Waals surface area contributed by atoms with E-state index in [2.05, 4.69) is 0 Å². The molecular formula is C27H25ClN2O3. The quantitative estimate of drug-likeness (QED) is 0.390. The number of amidine groups is 1. The Labute approximate surface area is 198 Å². The van der Waals surface area contributed by atoms with Gasteiger partial charge in [0.25, 0.3) is 5.91 Å². The Morgan fingerprint density at radius 2 is 1.58 bits per heavy atom. The number of rotatable bonds is 7. The van der Waals surface area contributed by atoms with Gasteiger partial charge in [-0.05, 0) is 68.8 Å². The Balaban J connectivity index is 1.77. The van der Waals surface area contributed by atoms with Crippen molar-refractivity contribution in [1.29, 1.82) is 0 Å². The number of nitrogens with zero attached hydrogens (tertiary/aromatic N) is 2. The lowest BCUT2D eigenvalue weighted by Gasteiger charge is -2.18. The lowest BCUT2D eigenvalue weighted by molar-refractivity contribution is -0.113. The normalized spacial score (nSPS) is 14.5. The molecule has 1 heterocycles. The smallest absolute Gasteiger partial charge is 0.282 e. The average molecular weight is 461 g/mol. The van der Waals surface area contributed by atoms with E-state index in [1.54, 1.807) is 23.1 Å². The van der Waals surface area contributed by atoms with Gasteiger partial charge in [-0.2, -0.15) is 0 Å². The molecule has 0 fully saturated rings. The fourth-order valence-corrected chi connectivity index (χ4v) is 3.68. The van der Waals surface area contributed by atoms with Crippen molar-refractivity contribution in [2.75, 3.05) is 18.1 Å². The van der Waals surface area contributed by atoms with Gasteiger partial charge in [0.05, 0.1) is 18.9 Å². The minimum Gasteiger partial charge on any atom is -0.490 e. The van der Waals surface area contributed by atoms with Crippen LogP contribution in [-0.4, -0.2) is 25.0 Å². The van der Waals surface area contributed by atoms with Gasteiger partial charge in [-0.15, -0.1) is 0 Å². The molecule has 4 rings (SSSR count). The van der Waals surface area contributed by atoms with Crippen LogP contribution in [0.4, 0.5) is 5.69 Å². The van der Waals surface area contributed by atoms with Gasteiger partial charge in [0.15, 0.2) is 11.5 Å². The average Bonchev–Trinajstić information content (AvgIpc) is 3.13. The van der Waals surface area contributed by atoms with Gasteiger partial charge in [-0.25, -0.2) is 4.99 Å². The van der Waals surface area contributed by atoms with Gasteiger partial charge >= 0.3 is 0 Å². The van der Waals surface area contributed by atoms with E-state index in [4.69, 9.17) is 26.1 Å². The van der Waals surface area contributed by atoms with Crippen molar-refractivity contribution in [3.05, 3.63) is 94.1 Å². The first-order valence-electron chi connectivity index (χ1n) is 10.9. The van der Waals surface area contributed by atoms with E-state index < -0.39 is 0 Å². The molecule has 1 aliphatic rings. The number of ether oxygens (including phenoxy) is 2. The van der Waals surface area contributed by atoms with Crippen molar-refractivity contribution in [2.24, 2.45) is 4.99 Å². The zero-order chi connectivity index (χ0) is 23.4. The topological polar surface area (TPSA) is 51.1 Å². The molecule has 0 N–H and O–H groups in total. The van der Waals surface area contributed by atoms with Crippen LogP contribution in [0.15, 0.2) is 77.4 Å². The summed E-state index contributed by atoms with van der Waals surface area (Å²) in [5.41, 5.74) is 3.83. The molecule has 0 radical (unpaired) electrons. The van der Waals surface area contributed by atoms with Gasteiger partial charge < -0.3 is 9.47 Å². The highest BCUT2D eigenvalue weighted by Crippen LogP contribution is 2.32. The van der Waals surface area contributed by atoms with Gasteiger partial charge in [0.2, 0.25) is 0 Å². The maximum atomic E-state index is 13.5. The van der Waals surface area contributed by atoms with E-state index >= 15 is 0 Å². The summed E-state index contributed by atoms with van der Waals surface area (Å²) in [6, 6.07) is 20.7. The largest absolute Gasteiger partial charge is 0.490 e. The molecule has 0 unspecified atom stereocenters. The van der Waals surface area contributed by atoms with Crippen LogP contribution < -0.4 is 14.4 Å². The molecule has 0 aromatic heterocycles. The van der Waals surface area contributed by atoms with Crippen LogP contribution in [0.2, 0.25) is 5.02 Å². The van der Waals surface area contributed by atoms with Crippen molar-refractivity contribution in [3.63, 3.8) is 0 Å². The summed E-state index contributed by atoms with van der Waals surface area (Å²) in [4.78, 5) is 19.8. The van der Waals surface area contributed by atoms with Gasteiger partial charge in [-0.1, -0.05) is 47.5 Å². The van der Waals surface area contributed by atoms with Crippen LogP contribution in [0, 0.1) is 6.92 Å². The molecule has 0 saturated carbocycles. The van der Waals surface area contributed by atoms with Crippen LogP contribution in [0.5, 0.6) is 11.5 Å². The maximum Gasteiger partial charge on any atom is 0.282 e. The fourth-order valence-electron chi connectivity index (χ4n) is 3.56. The zero-order valence-electron chi connectivity index (χ0n) is 18.8. The molecule has 1 amide bonds. The predicted molar refractivity (Wildman–Crippen MR) is 133 cm³/mol. The summed E-state index contributed by atoms with van der Waals surface area (Å²) >= 11 is 6.07. The number of amides is 1. The van der Waals surface area contributed by atoms with Crippen LogP contribution in [-0.2, 0) is 4.79 Å². The first-order chi connectivity index (χ1) is 16.0. The molecule has 3 aromatic rings. The number of hydrogen-bond acceptors (Lipinski definition) is 4. The van der Waals surface area contributed by atoms with Crippen LogP contribution in [0.25, 0.3) is 6.08 Å². The summed E-state index contributed by atoms with van der Waals surface area (Å²) in [5, 5.41) is 0.604. The SMILES string of the molecule is CCOc1ccc(/C=C2\N=C(c3ccc(C)cc3)N(c3ccc(Cl)cc3)C2=O)cc1OCC. The summed E-state index contributed by atoms with van der Waals surface area (Å²) in [7, 11) is 0. The van der Waals surface area contributed by atoms with E-state index in [0.29, 0.717) is 47.0 Å². The number of anilines is 1. The molecule has 0 atom stereocenters. The fraction of sp³-hybridized carbons (Fsp3) is 0.185. The monoisotopic (exact) mass is 460 g/mol. The van der Waals surface area contributed by atoms with Crippen molar-refractivity contribution >= 4 is 35.1 Å². The Morgan fingerprint density at radius 1 is 0.909 bits per heavy atom. The van der Waals surface area contributed by atoms with Crippen LogP contribution in [0.1, 0.15) is 30.5 Å². The number of hydrogen-bond donors (Lipinski definition) is 0. The Bertz CT molecular complexity index is 1220.